The lowest BCUT2D eigenvalue weighted by Crippen LogP contribution is -2.33. The minimum absolute atomic E-state index is 0.0855. The maximum absolute atomic E-state index is 12.3. The largest absolute Gasteiger partial charge is 0.481 e. The van der Waals surface area contributed by atoms with Gasteiger partial charge in [0, 0.05) is 24.9 Å². The summed E-state index contributed by atoms with van der Waals surface area (Å²) in [6.07, 6.45) is 1.29. The predicted molar refractivity (Wildman–Crippen MR) is 79.1 cm³/mol. The van der Waals surface area contributed by atoms with Crippen molar-refractivity contribution in [2.45, 2.75) is 32.2 Å². The highest BCUT2D eigenvalue weighted by atomic mass is 16.4. The van der Waals surface area contributed by atoms with Crippen LogP contribution >= 0.6 is 0 Å². The van der Waals surface area contributed by atoms with Crippen LogP contribution in [0.5, 0.6) is 0 Å². The number of aliphatic carboxylic acids is 1. The van der Waals surface area contributed by atoms with Crippen LogP contribution in [0.3, 0.4) is 0 Å². The minimum atomic E-state index is -0.816. The van der Waals surface area contributed by atoms with E-state index in [2.05, 4.69) is 10.4 Å². The quantitative estimate of drug-likeness (QED) is 0.851. The third-order valence-electron chi connectivity index (χ3n) is 3.38. The summed E-state index contributed by atoms with van der Waals surface area (Å²) >= 11 is 0. The van der Waals surface area contributed by atoms with Crippen LogP contribution in [-0.4, -0.2) is 32.8 Å². The summed E-state index contributed by atoms with van der Waals surface area (Å²) in [4.78, 5) is 22.7. The fraction of sp³-hybridized carbons (Fsp3) is 0.400. The van der Waals surface area contributed by atoms with Gasteiger partial charge >= 0.3 is 5.97 Å². The molecule has 1 heterocycles. The molecule has 1 amide bonds. The Morgan fingerprint density at radius 3 is 2.81 bits per heavy atom. The highest BCUT2D eigenvalue weighted by molar-refractivity contribution is 6.04. The average Bonchev–Trinajstić information content (AvgIpc) is 2.76. The zero-order chi connectivity index (χ0) is 15.4. The predicted octanol–water partition coefficient (Wildman–Crippen LogP) is 1.95. The average molecular weight is 289 g/mol. The normalized spacial score (nSPS) is 12.3. The fourth-order valence-electron chi connectivity index (χ4n) is 2.31. The van der Waals surface area contributed by atoms with E-state index < -0.39 is 5.97 Å². The second-order valence-electron chi connectivity index (χ2n) is 5.15. The molecule has 6 heteroatoms. The van der Waals surface area contributed by atoms with Crippen molar-refractivity contribution in [3.05, 3.63) is 30.0 Å². The van der Waals surface area contributed by atoms with Crippen LogP contribution in [-0.2, 0) is 11.8 Å². The van der Waals surface area contributed by atoms with Crippen molar-refractivity contribution in [1.29, 1.82) is 0 Å². The molecule has 1 unspecified atom stereocenters. The molecular weight excluding hydrogens is 270 g/mol. The Hall–Kier alpha value is -2.37. The van der Waals surface area contributed by atoms with Crippen molar-refractivity contribution < 1.29 is 14.7 Å². The van der Waals surface area contributed by atoms with E-state index in [1.807, 2.05) is 31.2 Å². The van der Waals surface area contributed by atoms with Gasteiger partial charge in [-0.25, -0.2) is 0 Å². The molecule has 0 saturated heterocycles. The number of carboxylic acid groups (broad SMARTS) is 1. The number of nitrogens with one attached hydrogen (secondary N) is 1. The molecule has 1 aromatic carbocycles. The molecule has 1 aromatic heterocycles. The Kier molecular flexibility index (Phi) is 4.57. The molecule has 0 bridgehead atoms. The number of carbonyl (C=O) groups excluding carboxylic acids is 1. The van der Waals surface area contributed by atoms with Gasteiger partial charge in [0.25, 0.3) is 5.91 Å². The van der Waals surface area contributed by atoms with Crippen LogP contribution in [0.2, 0.25) is 0 Å². The van der Waals surface area contributed by atoms with E-state index >= 15 is 0 Å². The summed E-state index contributed by atoms with van der Waals surface area (Å²) in [6, 6.07) is 7.47. The van der Waals surface area contributed by atoms with E-state index in [0.717, 1.165) is 10.9 Å². The molecule has 6 nitrogen and oxygen atoms in total. The second-order valence-corrected chi connectivity index (χ2v) is 5.15. The molecule has 2 rings (SSSR count). The zero-order valence-corrected chi connectivity index (χ0v) is 12.2. The third kappa shape index (κ3) is 3.59. The maximum atomic E-state index is 12.3. The van der Waals surface area contributed by atoms with Crippen LogP contribution in [0.1, 0.15) is 36.7 Å². The van der Waals surface area contributed by atoms with Crippen LogP contribution in [0.25, 0.3) is 10.9 Å². The number of hydrogen-bond donors (Lipinski definition) is 2. The summed E-state index contributed by atoms with van der Waals surface area (Å²) in [7, 11) is 1.80. The number of benzene rings is 1. The van der Waals surface area contributed by atoms with E-state index in [1.165, 1.54) is 0 Å². The van der Waals surface area contributed by atoms with E-state index in [9.17, 15) is 9.59 Å². The highest BCUT2D eigenvalue weighted by Crippen LogP contribution is 2.17. The molecule has 0 aliphatic carbocycles. The Balaban J connectivity index is 2.04. The van der Waals surface area contributed by atoms with Gasteiger partial charge in [-0.05, 0) is 25.8 Å². The number of amides is 1. The molecule has 21 heavy (non-hydrogen) atoms. The molecular formula is C15H19N3O3. The fourth-order valence-corrected chi connectivity index (χ4v) is 2.31. The number of nitrogens with zero attached hydrogens (tertiary/aromatic N) is 2. The van der Waals surface area contributed by atoms with Crippen molar-refractivity contribution in [3.8, 4) is 0 Å². The number of carboxylic acids is 1. The van der Waals surface area contributed by atoms with Crippen LogP contribution in [0, 0.1) is 0 Å². The van der Waals surface area contributed by atoms with Crippen molar-refractivity contribution in [2.24, 2.45) is 7.05 Å². The zero-order valence-electron chi connectivity index (χ0n) is 12.2. The SMILES string of the molecule is CC(CCCC(=O)O)NC(=O)c1nn(C)c2ccccc12. The Bertz CT molecular complexity index is 663. The lowest BCUT2D eigenvalue weighted by atomic mass is 10.1. The number of aryl methyl sites for hydroxylation is 1. The monoisotopic (exact) mass is 289 g/mol. The van der Waals surface area contributed by atoms with Gasteiger partial charge < -0.3 is 10.4 Å². The molecule has 2 aromatic rings. The first-order chi connectivity index (χ1) is 9.99. The lowest BCUT2D eigenvalue weighted by Gasteiger charge is -2.12. The van der Waals surface area contributed by atoms with Crippen molar-refractivity contribution in [2.75, 3.05) is 0 Å². The molecule has 0 radical (unpaired) electrons. The summed E-state index contributed by atoms with van der Waals surface area (Å²) in [5.74, 6) is -1.04. The second kappa shape index (κ2) is 6.39. The number of carbonyl (C=O) groups is 2. The number of aromatic nitrogens is 2. The highest BCUT2D eigenvalue weighted by Gasteiger charge is 2.17. The Morgan fingerprint density at radius 1 is 1.38 bits per heavy atom. The third-order valence-corrected chi connectivity index (χ3v) is 3.38. The van der Waals surface area contributed by atoms with Gasteiger partial charge in [0.05, 0.1) is 5.52 Å². The van der Waals surface area contributed by atoms with Gasteiger partial charge in [0.15, 0.2) is 5.69 Å². The maximum Gasteiger partial charge on any atom is 0.303 e. The molecule has 0 spiro atoms. The molecule has 1 atom stereocenters. The van der Waals surface area contributed by atoms with E-state index in [4.69, 9.17) is 5.11 Å². The standard InChI is InChI=1S/C15H19N3O3/c1-10(6-5-9-13(19)20)16-15(21)14-11-7-3-4-8-12(11)18(2)17-14/h3-4,7-8,10H,5-6,9H2,1-2H3,(H,16,21)(H,19,20). The van der Waals surface area contributed by atoms with Crippen LogP contribution in [0.15, 0.2) is 24.3 Å². The number of para-hydroxylation sites is 1. The topological polar surface area (TPSA) is 84.2 Å². The summed E-state index contributed by atoms with van der Waals surface area (Å²) in [6.45, 7) is 1.87. The van der Waals surface area contributed by atoms with Gasteiger partial charge in [-0.15, -0.1) is 0 Å². The van der Waals surface area contributed by atoms with Crippen molar-refractivity contribution in [3.63, 3.8) is 0 Å². The number of hydrogen-bond acceptors (Lipinski definition) is 3. The first-order valence-electron chi connectivity index (χ1n) is 6.93. The Labute approximate surface area is 122 Å². The number of fused-ring (bicyclic) bond motifs is 1. The van der Waals surface area contributed by atoms with Gasteiger partial charge in [0.2, 0.25) is 0 Å². The summed E-state index contributed by atoms with van der Waals surface area (Å²) < 4.78 is 1.68. The van der Waals surface area contributed by atoms with Crippen molar-refractivity contribution in [1.82, 2.24) is 15.1 Å². The van der Waals surface area contributed by atoms with Crippen molar-refractivity contribution >= 4 is 22.8 Å². The molecule has 0 saturated carbocycles. The summed E-state index contributed by atoms with van der Waals surface area (Å²) in [5.41, 5.74) is 1.30. The van der Waals surface area contributed by atoms with Gasteiger partial charge in [0.1, 0.15) is 0 Å². The smallest absolute Gasteiger partial charge is 0.303 e. The van der Waals surface area contributed by atoms with Crippen LogP contribution < -0.4 is 5.32 Å². The molecule has 0 aliphatic rings. The molecule has 2 N–H and O–H groups in total. The number of rotatable bonds is 6. The first kappa shape index (κ1) is 15.0. The van der Waals surface area contributed by atoms with E-state index in [0.29, 0.717) is 18.5 Å². The molecule has 0 aliphatic heterocycles. The summed E-state index contributed by atoms with van der Waals surface area (Å²) in [5, 5.41) is 16.6. The lowest BCUT2D eigenvalue weighted by molar-refractivity contribution is -0.137. The van der Waals surface area contributed by atoms with Gasteiger partial charge in [-0.3, -0.25) is 14.3 Å². The van der Waals surface area contributed by atoms with E-state index in [1.54, 1.807) is 11.7 Å². The first-order valence-corrected chi connectivity index (χ1v) is 6.93. The minimum Gasteiger partial charge on any atom is -0.481 e. The van der Waals surface area contributed by atoms with Gasteiger partial charge in [-0.1, -0.05) is 18.2 Å². The van der Waals surface area contributed by atoms with E-state index in [-0.39, 0.29) is 18.4 Å². The van der Waals surface area contributed by atoms with Crippen LogP contribution in [0.4, 0.5) is 0 Å². The Morgan fingerprint density at radius 2 is 2.10 bits per heavy atom. The van der Waals surface area contributed by atoms with Gasteiger partial charge in [-0.2, -0.15) is 5.10 Å². The molecule has 112 valence electrons. The molecule has 0 fully saturated rings.